The lowest BCUT2D eigenvalue weighted by Gasteiger charge is -2.13. The van der Waals surface area contributed by atoms with E-state index in [2.05, 4.69) is 26.6 Å². The van der Waals surface area contributed by atoms with Gasteiger partial charge in [-0.2, -0.15) is 0 Å². The molecule has 8 heteroatoms. The van der Waals surface area contributed by atoms with Crippen LogP contribution in [-0.2, 0) is 4.79 Å². The van der Waals surface area contributed by atoms with Crippen LogP contribution in [0, 0.1) is 6.92 Å². The normalized spacial score (nSPS) is 12.4. The summed E-state index contributed by atoms with van der Waals surface area (Å²) in [5.74, 6) is 0.275. The lowest BCUT2D eigenvalue weighted by molar-refractivity contribution is -0.113. The monoisotopic (exact) mass is 512 g/mol. The molecule has 3 aromatic rings. The highest BCUT2D eigenvalue weighted by Gasteiger charge is 2.19. The molecule has 32 heavy (non-hydrogen) atoms. The SMILES string of the molecule is Cc1ccc(Cl)cc1NC(=O)C(=Cc1ccc2c(c1)OCO2)NC(=O)c1ccccc1Br. The van der Waals surface area contributed by atoms with Gasteiger partial charge in [0.15, 0.2) is 11.5 Å². The van der Waals surface area contributed by atoms with Crippen molar-refractivity contribution < 1.29 is 19.1 Å². The molecule has 0 bridgehead atoms. The summed E-state index contributed by atoms with van der Waals surface area (Å²) in [6, 6.07) is 17.4. The van der Waals surface area contributed by atoms with Gasteiger partial charge in [0.25, 0.3) is 11.8 Å². The van der Waals surface area contributed by atoms with Crippen molar-refractivity contribution in [2.45, 2.75) is 6.92 Å². The molecule has 1 aliphatic heterocycles. The number of hydrogen-bond acceptors (Lipinski definition) is 4. The van der Waals surface area contributed by atoms with E-state index in [1.54, 1.807) is 66.7 Å². The van der Waals surface area contributed by atoms with E-state index >= 15 is 0 Å². The second kappa shape index (κ2) is 9.46. The van der Waals surface area contributed by atoms with Crippen LogP contribution in [0.4, 0.5) is 5.69 Å². The molecule has 2 N–H and O–H groups in total. The second-order valence-electron chi connectivity index (χ2n) is 7.02. The summed E-state index contributed by atoms with van der Waals surface area (Å²) in [5, 5.41) is 6.03. The van der Waals surface area contributed by atoms with Crippen LogP contribution in [0.15, 0.2) is 70.8 Å². The number of nitrogens with one attached hydrogen (secondary N) is 2. The van der Waals surface area contributed by atoms with Crippen LogP contribution in [0.1, 0.15) is 21.5 Å². The number of anilines is 1. The number of aryl methyl sites for hydroxylation is 1. The number of carbonyl (C=O) groups excluding carboxylic acids is 2. The van der Waals surface area contributed by atoms with E-state index in [-0.39, 0.29) is 12.5 Å². The van der Waals surface area contributed by atoms with Gasteiger partial charge in [0, 0.05) is 15.2 Å². The van der Waals surface area contributed by atoms with Crippen molar-refractivity contribution in [2.24, 2.45) is 0 Å². The molecule has 0 saturated carbocycles. The molecule has 2 amide bonds. The summed E-state index contributed by atoms with van der Waals surface area (Å²) >= 11 is 9.45. The van der Waals surface area contributed by atoms with Crippen molar-refractivity contribution in [3.05, 3.63) is 92.5 Å². The predicted octanol–water partition coefficient (Wildman–Crippen LogP) is 5.55. The summed E-state index contributed by atoms with van der Waals surface area (Å²) in [4.78, 5) is 26.1. The van der Waals surface area contributed by atoms with Gasteiger partial charge in [-0.05, 0) is 76.5 Å². The molecule has 0 saturated heterocycles. The summed E-state index contributed by atoms with van der Waals surface area (Å²) in [6.45, 7) is 2.00. The largest absolute Gasteiger partial charge is 0.454 e. The van der Waals surface area contributed by atoms with Gasteiger partial charge in [-0.1, -0.05) is 35.9 Å². The van der Waals surface area contributed by atoms with Gasteiger partial charge in [-0.15, -0.1) is 0 Å². The number of ether oxygens (including phenoxy) is 2. The number of rotatable bonds is 5. The average molecular weight is 514 g/mol. The minimum atomic E-state index is -0.492. The molecule has 1 heterocycles. The first kappa shape index (κ1) is 21.9. The third-order valence-corrected chi connectivity index (χ3v) is 5.69. The molecule has 3 aromatic carbocycles. The first-order valence-corrected chi connectivity index (χ1v) is 10.8. The maximum absolute atomic E-state index is 13.2. The summed E-state index contributed by atoms with van der Waals surface area (Å²) < 4.78 is 11.4. The highest BCUT2D eigenvalue weighted by molar-refractivity contribution is 9.10. The number of amides is 2. The van der Waals surface area contributed by atoms with E-state index in [0.29, 0.717) is 37.8 Å². The van der Waals surface area contributed by atoms with Crippen LogP contribution in [0.3, 0.4) is 0 Å². The van der Waals surface area contributed by atoms with Crippen molar-refractivity contribution in [1.29, 1.82) is 0 Å². The molecule has 0 radical (unpaired) electrons. The van der Waals surface area contributed by atoms with Crippen molar-refractivity contribution in [3.8, 4) is 11.5 Å². The molecule has 0 aromatic heterocycles. The Labute approximate surface area is 198 Å². The first-order chi connectivity index (χ1) is 15.4. The molecular weight excluding hydrogens is 496 g/mol. The fraction of sp³-hybridized carbons (Fsp3) is 0.0833. The van der Waals surface area contributed by atoms with Crippen molar-refractivity contribution >= 4 is 51.1 Å². The number of hydrogen-bond donors (Lipinski definition) is 2. The Hall–Kier alpha value is -3.29. The van der Waals surface area contributed by atoms with Crippen LogP contribution in [0.5, 0.6) is 11.5 Å². The Morgan fingerprint density at radius 1 is 1.03 bits per heavy atom. The Morgan fingerprint density at radius 3 is 2.62 bits per heavy atom. The Kier molecular flexibility index (Phi) is 6.48. The average Bonchev–Trinajstić information content (AvgIpc) is 3.24. The topological polar surface area (TPSA) is 76.7 Å². The van der Waals surface area contributed by atoms with E-state index in [1.807, 2.05) is 6.92 Å². The number of carbonyl (C=O) groups is 2. The van der Waals surface area contributed by atoms with E-state index < -0.39 is 11.8 Å². The van der Waals surface area contributed by atoms with Gasteiger partial charge in [0.1, 0.15) is 5.70 Å². The van der Waals surface area contributed by atoms with Crippen LogP contribution in [0.25, 0.3) is 6.08 Å². The number of fused-ring (bicyclic) bond motifs is 1. The van der Waals surface area contributed by atoms with Crippen LogP contribution in [0.2, 0.25) is 5.02 Å². The van der Waals surface area contributed by atoms with Gasteiger partial charge in [-0.25, -0.2) is 0 Å². The zero-order chi connectivity index (χ0) is 22.7. The van der Waals surface area contributed by atoms with Crippen LogP contribution in [-0.4, -0.2) is 18.6 Å². The van der Waals surface area contributed by atoms with Crippen molar-refractivity contribution in [2.75, 3.05) is 12.1 Å². The highest BCUT2D eigenvalue weighted by atomic mass is 79.9. The second-order valence-corrected chi connectivity index (χ2v) is 8.31. The standard InChI is InChI=1S/C24H18BrClN2O4/c1-14-6-8-16(26)12-19(14)27-24(30)20(28-23(29)17-4-2-3-5-18(17)25)10-15-7-9-21-22(11-15)32-13-31-21/h2-12H,13H2,1H3,(H,27,30)(H,28,29). The number of benzene rings is 3. The smallest absolute Gasteiger partial charge is 0.272 e. The lowest BCUT2D eigenvalue weighted by Crippen LogP contribution is -2.31. The van der Waals surface area contributed by atoms with Crippen molar-refractivity contribution in [1.82, 2.24) is 5.32 Å². The van der Waals surface area contributed by atoms with Crippen LogP contribution >= 0.6 is 27.5 Å². The highest BCUT2D eigenvalue weighted by Crippen LogP contribution is 2.33. The zero-order valence-corrected chi connectivity index (χ0v) is 19.3. The van der Waals surface area contributed by atoms with Crippen LogP contribution < -0.4 is 20.1 Å². The zero-order valence-electron chi connectivity index (χ0n) is 16.9. The first-order valence-electron chi connectivity index (χ1n) is 9.65. The number of halogens is 2. The fourth-order valence-electron chi connectivity index (χ4n) is 3.08. The molecule has 6 nitrogen and oxygen atoms in total. The molecule has 0 fully saturated rings. The lowest BCUT2D eigenvalue weighted by atomic mass is 10.1. The van der Waals surface area contributed by atoms with E-state index in [0.717, 1.165) is 5.56 Å². The van der Waals surface area contributed by atoms with E-state index in [9.17, 15) is 9.59 Å². The molecule has 1 aliphatic rings. The third-order valence-electron chi connectivity index (χ3n) is 4.77. The van der Waals surface area contributed by atoms with Crippen molar-refractivity contribution in [3.63, 3.8) is 0 Å². The maximum Gasteiger partial charge on any atom is 0.272 e. The molecule has 0 atom stereocenters. The Balaban J connectivity index is 1.67. The molecule has 0 aliphatic carbocycles. The molecule has 0 unspecified atom stereocenters. The molecule has 4 rings (SSSR count). The van der Waals surface area contributed by atoms with Gasteiger partial charge in [0.2, 0.25) is 6.79 Å². The summed E-state index contributed by atoms with van der Waals surface area (Å²) in [5.41, 5.74) is 2.51. The quantitative estimate of drug-likeness (QED) is 0.439. The van der Waals surface area contributed by atoms with Gasteiger partial charge < -0.3 is 20.1 Å². The van der Waals surface area contributed by atoms with Gasteiger partial charge in [0.05, 0.1) is 5.56 Å². The predicted molar refractivity (Wildman–Crippen MR) is 127 cm³/mol. The summed E-state index contributed by atoms with van der Waals surface area (Å²) in [6.07, 6.45) is 1.58. The Bertz CT molecular complexity index is 1240. The maximum atomic E-state index is 13.2. The molecule has 162 valence electrons. The fourth-order valence-corrected chi connectivity index (χ4v) is 3.72. The van der Waals surface area contributed by atoms with E-state index in [4.69, 9.17) is 21.1 Å². The van der Waals surface area contributed by atoms with Gasteiger partial charge >= 0.3 is 0 Å². The molecule has 0 spiro atoms. The van der Waals surface area contributed by atoms with E-state index in [1.165, 1.54) is 0 Å². The minimum absolute atomic E-state index is 0.0593. The minimum Gasteiger partial charge on any atom is -0.454 e. The Morgan fingerprint density at radius 2 is 1.81 bits per heavy atom. The summed E-state index contributed by atoms with van der Waals surface area (Å²) in [7, 11) is 0. The molecular formula is C24H18BrClN2O4. The third kappa shape index (κ3) is 4.95. The van der Waals surface area contributed by atoms with Gasteiger partial charge in [-0.3, -0.25) is 9.59 Å².